The molecule has 0 spiro atoms. The number of nitrogens with one attached hydrogen (secondary N) is 1. The molecule has 0 bridgehead atoms. The lowest BCUT2D eigenvalue weighted by Crippen LogP contribution is -2.34. The van der Waals surface area contributed by atoms with Crippen molar-refractivity contribution in [1.82, 2.24) is 14.9 Å². The molecule has 1 unspecified atom stereocenters. The third-order valence-corrected chi connectivity index (χ3v) is 5.49. The molecule has 2 rings (SSSR count). The van der Waals surface area contributed by atoms with Crippen LogP contribution in [0, 0.1) is 5.92 Å². The lowest BCUT2D eigenvalue weighted by Gasteiger charge is -2.15. The van der Waals surface area contributed by atoms with Gasteiger partial charge < -0.3 is 5.32 Å². The molecule has 1 amide bonds. The van der Waals surface area contributed by atoms with Gasteiger partial charge in [-0.3, -0.25) is 14.2 Å². The minimum Gasteiger partial charge on any atom is -0.353 e. The normalized spacial score (nSPS) is 12.5. The summed E-state index contributed by atoms with van der Waals surface area (Å²) < 4.78 is 1.68. The number of aromatic nitrogens is 2. The molecule has 0 aliphatic rings. The van der Waals surface area contributed by atoms with Crippen LogP contribution < -0.4 is 10.9 Å². The molecule has 0 aliphatic carbocycles. The van der Waals surface area contributed by atoms with Gasteiger partial charge in [0.1, 0.15) is 0 Å². The zero-order valence-electron chi connectivity index (χ0n) is 16.4. The second-order valence-electron chi connectivity index (χ2n) is 7.24. The molecule has 0 saturated carbocycles. The summed E-state index contributed by atoms with van der Waals surface area (Å²) in [5, 5.41) is 4.64. The van der Waals surface area contributed by atoms with Crippen molar-refractivity contribution in [2.45, 2.75) is 64.7 Å². The number of rotatable bonds is 9. The van der Waals surface area contributed by atoms with Gasteiger partial charge in [0, 0.05) is 17.6 Å². The zero-order chi connectivity index (χ0) is 20.0. The van der Waals surface area contributed by atoms with Crippen molar-refractivity contribution in [3.63, 3.8) is 0 Å². The highest BCUT2D eigenvalue weighted by atomic mass is 35.5. The maximum Gasteiger partial charge on any atom is 0.262 e. The van der Waals surface area contributed by atoms with E-state index in [1.165, 1.54) is 11.8 Å². The molecule has 2 aromatic rings. The number of nitrogens with zero attached hydrogens (tertiary/aromatic N) is 2. The molecule has 0 aliphatic heterocycles. The summed E-state index contributed by atoms with van der Waals surface area (Å²) in [5.41, 5.74) is 0.482. The molecule has 1 heterocycles. The standard InChI is InChI=1S/C20H28ClN3O2S/c1-5-6-14(4)22-18(25)12-27-20-23-17-11-15(21)7-8-16(17)19(26)24(20)10-9-13(2)3/h7-8,11,13-14H,5-6,9-10,12H2,1-4H3,(H,22,25). The van der Waals surface area contributed by atoms with Crippen molar-refractivity contribution >= 4 is 40.2 Å². The summed E-state index contributed by atoms with van der Waals surface area (Å²) in [6, 6.07) is 5.26. The summed E-state index contributed by atoms with van der Waals surface area (Å²) in [7, 11) is 0. The van der Waals surface area contributed by atoms with Crippen LogP contribution in [0.4, 0.5) is 0 Å². The molecule has 0 saturated heterocycles. The fourth-order valence-electron chi connectivity index (χ4n) is 2.82. The van der Waals surface area contributed by atoms with E-state index in [1.54, 1.807) is 22.8 Å². The van der Waals surface area contributed by atoms with Crippen molar-refractivity contribution < 1.29 is 4.79 Å². The first-order chi connectivity index (χ1) is 12.8. The number of hydrogen-bond donors (Lipinski definition) is 1. The average Bonchev–Trinajstić information content (AvgIpc) is 2.59. The first-order valence-electron chi connectivity index (χ1n) is 9.44. The van der Waals surface area contributed by atoms with Crippen LogP contribution in [0.15, 0.2) is 28.2 Å². The maximum absolute atomic E-state index is 12.9. The Bertz CT molecular complexity index is 851. The van der Waals surface area contributed by atoms with Crippen LogP contribution in [0.3, 0.4) is 0 Å². The van der Waals surface area contributed by atoms with Crippen LogP contribution in [0.1, 0.15) is 47.0 Å². The molecule has 5 nitrogen and oxygen atoms in total. The van der Waals surface area contributed by atoms with Crippen LogP contribution >= 0.6 is 23.4 Å². The van der Waals surface area contributed by atoms with E-state index < -0.39 is 0 Å². The van der Waals surface area contributed by atoms with E-state index >= 15 is 0 Å². The van der Waals surface area contributed by atoms with Crippen molar-refractivity contribution in [1.29, 1.82) is 0 Å². The van der Waals surface area contributed by atoms with E-state index in [4.69, 9.17) is 11.6 Å². The summed E-state index contributed by atoms with van der Waals surface area (Å²) in [6.07, 6.45) is 2.84. The molecule has 7 heteroatoms. The summed E-state index contributed by atoms with van der Waals surface area (Å²) >= 11 is 7.36. The summed E-state index contributed by atoms with van der Waals surface area (Å²) in [5.74, 6) is 0.652. The number of hydrogen-bond acceptors (Lipinski definition) is 4. The van der Waals surface area contributed by atoms with Crippen LogP contribution in [-0.2, 0) is 11.3 Å². The second-order valence-corrected chi connectivity index (χ2v) is 8.62. The van der Waals surface area contributed by atoms with Gasteiger partial charge in [-0.2, -0.15) is 0 Å². The van der Waals surface area contributed by atoms with Crippen LogP contribution in [0.2, 0.25) is 5.02 Å². The van der Waals surface area contributed by atoms with Crippen LogP contribution in [0.5, 0.6) is 0 Å². The number of carbonyl (C=O) groups is 1. The van der Waals surface area contributed by atoms with Crippen LogP contribution in [0.25, 0.3) is 10.9 Å². The van der Waals surface area contributed by atoms with Gasteiger partial charge in [0.05, 0.1) is 16.7 Å². The average molecular weight is 410 g/mol. The molecule has 1 aromatic heterocycles. The molecule has 0 fully saturated rings. The lowest BCUT2D eigenvalue weighted by molar-refractivity contribution is -0.119. The molecule has 148 valence electrons. The minimum atomic E-state index is -0.0837. The SMILES string of the molecule is CCCC(C)NC(=O)CSc1nc2cc(Cl)ccc2c(=O)n1CCC(C)C. The van der Waals surface area contributed by atoms with Crippen molar-refractivity contribution in [3.05, 3.63) is 33.6 Å². The predicted molar refractivity (Wildman–Crippen MR) is 114 cm³/mol. The van der Waals surface area contributed by atoms with Crippen molar-refractivity contribution in [2.24, 2.45) is 5.92 Å². The second kappa shape index (κ2) is 10.1. The number of thioether (sulfide) groups is 1. The fourth-order valence-corrected chi connectivity index (χ4v) is 3.82. The number of fused-ring (bicyclic) bond motifs is 1. The number of amides is 1. The fraction of sp³-hybridized carbons (Fsp3) is 0.550. The monoisotopic (exact) mass is 409 g/mol. The summed E-state index contributed by atoms with van der Waals surface area (Å²) in [6.45, 7) is 8.91. The first kappa shape index (κ1) is 21.8. The molecule has 0 radical (unpaired) electrons. The van der Waals surface area contributed by atoms with E-state index in [9.17, 15) is 9.59 Å². The lowest BCUT2D eigenvalue weighted by atomic mass is 10.1. The highest BCUT2D eigenvalue weighted by Crippen LogP contribution is 2.21. The Morgan fingerprint density at radius 1 is 1.30 bits per heavy atom. The first-order valence-corrected chi connectivity index (χ1v) is 10.8. The van der Waals surface area contributed by atoms with Gasteiger partial charge in [-0.25, -0.2) is 4.98 Å². The number of halogens is 1. The Hall–Kier alpha value is -1.53. The molecule has 1 atom stereocenters. The van der Waals surface area contributed by atoms with Gasteiger partial charge in [-0.1, -0.05) is 50.6 Å². The smallest absolute Gasteiger partial charge is 0.262 e. The Kier molecular flexibility index (Phi) is 8.17. The predicted octanol–water partition coefficient (Wildman–Crippen LogP) is 4.49. The third kappa shape index (κ3) is 6.25. The van der Waals surface area contributed by atoms with Gasteiger partial charge in [-0.05, 0) is 43.9 Å². The molecular weight excluding hydrogens is 382 g/mol. The Balaban J connectivity index is 2.27. The maximum atomic E-state index is 12.9. The van der Waals surface area contributed by atoms with E-state index in [0.717, 1.165) is 19.3 Å². The highest BCUT2D eigenvalue weighted by Gasteiger charge is 2.15. The molecular formula is C20H28ClN3O2S. The van der Waals surface area contributed by atoms with Gasteiger partial charge >= 0.3 is 0 Å². The molecule has 1 aromatic carbocycles. The third-order valence-electron chi connectivity index (χ3n) is 4.27. The Morgan fingerprint density at radius 2 is 2.04 bits per heavy atom. The topological polar surface area (TPSA) is 64.0 Å². The van der Waals surface area contributed by atoms with Gasteiger partial charge in [-0.15, -0.1) is 0 Å². The molecule has 1 N–H and O–H groups in total. The van der Waals surface area contributed by atoms with E-state index in [0.29, 0.717) is 33.5 Å². The quantitative estimate of drug-likeness (QED) is 0.489. The van der Waals surface area contributed by atoms with Gasteiger partial charge in [0.15, 0.2) is 5.16 Å². The largest absolute Gasteiger partial charge is 0.353 e. The van der Waals surface area contributed by atoms with Gasteiger partial charge in [0.25, 0.3) is 5.56 Å². The van der Waals surface area contributed by atoms with Crippen LogP contribution in [-0.4, -0.2) is 27.3 Å². The number of benzene rings is 1. The Labute approximate surface area is 169 Å². The minimum absolute atomic E-state index is 0.0446. The van der Waals surface area contributed by atoms with Gasteiger partial charge in [0.2, 0.25) is 5.91 Å². The Morgan fingerprint density at radius 3 is 2.70 bits per heavy atom. The number of carbonyl (C=O) groups excluding carboxylic acids is 1. The van der Waals surface area contributed by atoms with Crippen molar-refractivity contribution in [2.75, 3.05) is 5.75 Å². The van der Waals surface area contributed by atoms with E-state index in [-0.39, 0.29) is 23.3 Å². The summed E-state index contributed by atoms with van der Waals surface area (Å²) in [4.78, 5) is 29.8. The highest BCUT2D eigenvalue weighted by molar-refractivity contribution is 7.99. The molecule has 27 heavy (non-hydrogen) atoms. The van der Waals surface area contributed by atoms with E-state index in [1.807, 2.05) is 6.92 Å². The zero-order valence-corrected chi connectivity index (χ0v) is 18.0. The van der Waals surface area contributed by atoms with Crippen molar-refractivity contribution in [3.8, 4) is 0 Å². The van der Waals surface area contributed by atoms with E-state index in [2.05, 4.69) is 31.1 Å².